The Labute approximate surface area is 261 Å². The van der Waals surface area contributed by atoms with E-state index in [1.807, 2.05) is 0 Å². The van der Waals surface area contributed by atoms with Crippen molar-refractivity contribution in [2.45, 2.75) is 30.6 Å². The molecule has 0 bridgehead atoms. The third kappa shape index (κ3) is 5.99. The van der Waals surface area contributed by atoms with Gasteiger partial charge in [0.2, 0.25) is 5.78 Å². The molecular formula is C26H33Cl2N2O13P. The lowest BCUT2D eigenvalue weighted by Crippen LogP contribution is -2.68. The van der Waals surface area contributed by atoms with Gasteiger partial charge < -0.3 is 41.3 Å². The van der Waals surface area contributed by atoms with E-state index >= 15 is 0 Å². The quantitative estimate of drug-likeness (QED) is 0.141. The molecule has 18 heteroatoms. The molecule has 0 saturated heterocycles. The Morgan fingerprint density at radius 3 is 2.18 bits per heavy atom. The van der Waals surface area contributed by atoms with Gasteiger partial charge in [0.15, 0.2) is 11.4 Å². The number of phosphoric ester groups is 1. The Morgan fingerprint density at radius 2 is 1.70 bits per heavy atom. The first-order valence-corrected chi connectivity index (χ1v) is 14.7. The van der Waals surface area contributed by atoms with Crippen molar-refractivity contribution in [2.75, 3.05) is 28.3 Å². The van der Waals surface area contributed by atoms with Gasteiger partial charge in [-0.15, -0.1) is 0 Å². The fourth-order valence-corrected chi connectivity index (χ4v) is 6.62. The monoisotopic (exact) mass is 682 g/mol. The molecule has 0 saturated carbocycles. The number of nitrogens with two attached hydrogens (primary N) is 1. The van der Waals surface area contributed by atoms with E-state index < -0.39 is 83.5 Å². The Morgan fingerprint density at radius 1 is 1.14 bits per heavy atom. The van der Waals surface area contributed by atoms with Crippen molar-refractivity contribution in [1.82, 2.24) is 4.90 Å². The molecule has 1 aromatic rings. The summed E-state index contributed by atoms with van der Waals surface area (Å²) in [5.41, 5.74) is 1.36. The molecule has 4 rings (SSSR count). The summed E-state index contributed by atoms with van der Waals surface area (Å²) in [6, 6.07) is 3.17. The maximum Gasteiger partial charge on any atom is 0.529 e. The highest BCUT2D eigenvalue weighted by molar-refractivity contribution is 7.48. The van der Waals surface area contributed by atoms with Crippen LogP contribution in [0.25, 0.3) is 0 Å². The number of phenols is 1. The van der Waals surface area contributed by atoms with Crippen LogP contribution >= 0.6 is 31.0 Å². The summed E-state index contributed by atoms with van der Waals surface area (Å²) in [6.07, 6.45) is -0.718. The van der Waals surface area contributed by atoms with Crippen molar-refractivity contribution in [1.29, 1.82) is 0 Å². The number of halogens is 2. The number of aliphatic hydroxyl groups is 4. The van der Waals surface area contributed by atoms with Gasteiger partial charge in [-0.25, -0.2) is 4.57 Å². The van der Waals surface area contributed by atoms with Gasteiger partial charge in [-0.2, -0.15) is 0 Å². The number of likely N-dealkylation sites (N-methyl/N-ethyl adjacent to an activating group) is 1. The van der Waals surface area contributed by atoms with Crippen LogP contribution in [0.2, 0.25) is 0 Å². The van der Waals surface area contributed by atoms with Crippen LogP contribution in [0.3, 0.4) is 0 Å². The molecule has 0 aromatic heterocycles. The molecule has 0 unspecified atom stereocenters. The summed E-state index contributed by atoms with van der Waals surface area (Å²) in [7, 11) is 1.86. The van der Waals surface area contributed by atoms with E-state index in [4.69, 9.17) is 28.9 Å². The number of nitrogens with zero attached hydrogens (tertiary/aromatic N) is 1. The predicted octanol–water partition coefficient (Wildman–Crippen LogP) is 1.51. The number of rotatable bonds is 6. The van der Waals surface area contributed by atoms with E-state index in [9.17, 15) is 44.5 Å². The van der Waals surface area contributed by atoms with Crippen LogP contribution in [0.15, 0.2) is 51.6 Å². The van der Waals surface area contributed by atoms with Crippen molar-refractivity contribution in [3.05, 3.63) is 62.7 Å². The number of benzene rings is 1. The number of primary amides is 1. The van der Waals surface area contributed by atoms with E-state index in [-0.39, 0.29) is 21.3 Å². The number of hydrogen-bond acceptors (Lipinski definition) is 13. The van der Waals surface area contributed by atoms with Crippen molar-refractivity contribution in [3.8, 4) is 5.75 Å². The first kappa shape index (κ1) is 37.2. The third-order valence-corrected chi connectivity index (χ3v) is 9.15. The van der Waals surface area contributed by atoms with Gasteiger partial charge in [-0.3, -0.25) is 28.3 Å². The molecule has 6 atom stereocenters. The number of aromatic hydroxyl groups is 1. The highest BCUT2D eigenvalue weighted by atomic mass is 35.5. The molecule has 0 spiro atoms. The standard InChI is InChI=1S/C22H24N2O8.C4H7Cl2O4P.H2O/c1-7-8-5-4-6-9(25)11(8)16(26)12-10(7)17(27)14-15(24(2)3)18(28)13(21(23)31)20(30)22(14,32)19(12)29;1-8-11(7,9-2)10-3-4(5)6;/h4-7,10,14-15,17,25,27-29,32H,1-3H3,(H2,23,31);3H,1-2H3;1H2/t7-,10+,14+,15-,17-,22-;;/m0../s1. The highest BCUT2D eigenvalue weighted by Crippen LogP contribution is 2.55. The molecule has 3 aliphatic carbocycles. The minimum Gasteiger partial charge on any atom is -0.510 e. The lowest BCUT2D eigenvalue weighted by atomic mass is 9.55. The van der Waals surface area contributed by atoms with E-state index in [0.717, 1.165) is 6.26 Å². The molecule has 0 fully saturated rings. The summed E-state index contributed by atoms with van der Waals surface area (Å²) < 4.78 is 24.1. The van der Waals surface area contributed by atoms with Crippen molar-refractivity contribution in [2.24, 2.45) is 17.6 Å². The minimum absolute atomic E-state index is 0. The number of phenolic OH excluding ortho intramolecular Hbond substituents is 1. The van der Waals surface area contributed by atoms with Crippen LogP contribution in [0.1, 0.15) is 28.8 Å². The number of carbonyl (C=O) groups is 3. The molecule has 1 amide bonds. The maximum atomic E-state index is 13.3. The summed E-state index contributed by atoms with van der Waals surface area (Å²) in [6.45, 7) is 1.68. The highest BCUT2D eigenvalue weighted by Gasteiger charge is 2.67. The fraction of sp³-hybridized carbons (Fsp3) is 0.423. The number of fused-ring (bicyclic) bond motifs is 3. The van der Waals surface area contributed by atoms with Gasteiger partial charge in [0.05, 0.1) is 23.6 Å². The van der Waals surface area contributed by atoms with Crippen LogP contribution in [-0.4, -0.2) is 99.4 Å². The number of ketones is 2. The molecule has 244 valence electrons. The first-order chi connectivity index (χ1) is 19.9. The van der Waals surface area contributed by atoms with E-state index in [2.05, 4.69) is 13.6 Å². The van der Waals surface area contributed by atoms with Gasteiger partial charge in [-0.1, -0.05) is 42.3 Å². The zero-order valence-electron chi connectivity index (χ0n) is 24.0. The summed E-state index contributed by atoms with van der Waals surface area (Å²) >= 11 is 10.3. The van der Waals surface area contributed by atoms with Crippen LogP contribution in [0, 0.1) is 11.8 Å². The summed E-state index contributed by atoms with van der Waals surface area (Å²) in [5, 5.41) is 55.0. The zero-order chi connectivity index (χ0) is 32.8. The molecule has 0 radical (unpaired) electrons. The number of aliphatic hydroxyl groups excluding tert-OH is 3. The Kier molecular flexibility index (Phi) is 11.5. The molecule has 9 N–H and O–H groups in total. The number of hydrogen-bond donors (Lipinski definition) is 6. The van der Waals surface area contributed by atoms with Crippen molar-refractivity contribution >= 4 is 48.5 Å². The molecule has 0 aliphatic heterocycles. The SMILES string of the molecule is COP(=O)(OC)OC=C(Cl)Cl.C[C@H]1c2cccc(O)c2C(=O)C2=C(O)[C@]3(O)C(=O)C(C(N)=O)=C(O)[C@@H](N(C)C)[C@@H]3[C@@H](O)[C@@H]21.O. The smallest absolute Gasteiger partial charge is 0.510 e. The number of amides is 1. The topological polar surface area (TPSA) is 258 Å². The number of Topliss-reactive ketones (excluding diaryl/α,β-unsaturated/α-hetero) is 2. The molecule has 3 aliphatic rings. The fourth-order valence-electron chi connectivity index (χ4n) is 5.85. The Hall–Kier alpha value is -2.98. The van der Waals surface area contributed by atoms with Gasteiger partial charge in [0.25, 0.3) is 5.91 Å². The van der Waals surface area contributed by atoms with Crippen molar-refractivity contribution < 1.29 is 63.5 Å². The summed E-state index contributed by atoms with van der Waals surface area (Å²) in [4.78, 5) is 39.8. The van der Waals surface area contributed by atoms with E-state index in [1.54, 1.807) is 19.1 Å². The van der Waals surface area contributed by atoms with Crippen molar-refractivity contribution in [3.63, 3.8) is 0 Å². The van der Waals surface area contributed by atoms with Gasteiger partial charge >= 0.3 is 7.82 Å². The second-order valence-corrected chi connectivity index (χ2v) is 13.0. The molecule has 15 nitrogen and oxygen atoms in total. The number of carbonyl (C=O) groups excluding carboxylic acids is 3. The van der Waals surface area contributed by atoms with Crippen LogP contribution in [0.5, 0.6) is 5.75 Å². The Bertz CT molecular complexity index is 1480. The van der Waals surface area contributed by atoms with Crippen LogP contribution in [-0.2, 0) is 27.7 Å². The van der Waals surface area contributed by atoms with E-state index in [0.29, 0.717) is 5.56 Å². The molecule has 1 aromatic carbocycles. The zero-order valence-corrected chi connectivity index (χ0v) is 26.4. The lowest BCUT2D eigenvalue weighted by molar-refractivity contribution is -0.162. The van der Waals surface area contributed by atoms with Gasteiger partial charge in [0.1, 0.15) is 33.6 Å². The second-order valence-electron chi connectivity index (χ2n) is 10.1. The largest absolute Gasteiger partial charge is 0.529 e. The van der Waals surface area contributed by atoms with Gasteiger partial charge in [-0.05, 0) is 31.6 Å². The first-order valence-electron chi connectivity index (χ1n) is 12.5. The second kappa shape index (κ2) is 13.6. The van der Waals surface area contributed by atoms with Crippen LogP contribution < -0.4 is 5.73 Å². The lowest BCUT2D eigenvalue weighted by Gasteiger charge is -2.53. The predicted molar refractivity (Wildman–Crippen MR) is 156 cm³/mol. The third-order valence-electron chi connectivity index (χ3n) is 7.71. The molecule has 0 heterocycles. The number of phosphoric acid groups is 1. The average molecular weight is 683 g/mol. The Balaban J connectivity index is 0.000000483. The molecular weight excluding hydrogens is 650 g/mol. The maximum absolute atomic E-state index is 13.3. The minimum atomic E-state index is -3.48. The van der Waals surface area contributed by atoms with Crippen LogP contribution in [0.4, 0.5) is 0 Å². The summed E-state index contributed by atoms with van der Waals surface area (Å²) in [5.74, 6) is -8.86. The van der Waals surface area contributed by atoms with Gasteiger partial charge in [0, 0.05) is 25.7 Å². The average Bonchev–Trinajstić information content (AvgIpc) is 2.93. The normalized spacial score (nSPS) is 27.7. The van der Waals surface area contributed by atoms with E-state index in [1.165, 1.54) is 39.3 Å². The molecule has 44 heavy (non-hydrogen) atoms.